The van der Waals surface area contributed by atoms with Crippen LogP contribution in [-0.4, -0.2) is 10.7 Å². The van der Waals surface area contributed by atoms with Crippen LogP contribution in [0.15, 0.2) is 12.3 Å². The Bertz CT molecular complexity index is 120. The molecule has 0 saturated heterocycles. The summed E-state index contributed by atoms with van der Waals surface area (Å²) in [4.78, 5) is 0. The summed E-state index contributed by atoms with van der Waals surface area (Å²) in [7, 11) is 0. The lowest BCUT2D eigenvalue weighted by atomic mass is 10.3. The van der Waals surface area contributed by atoms with Crippen LogP contribution in [0.2, 0.25) is 0 Å². The summed E-state index contributed by atoms with van der Waals surface area (Å²) in [6.07, 6.45) is 1.73. The average Bonchev–Trinajstić information content (AvgIpc) is 2.47. The molecule has 0 aliphatic heterocycles. The third-order valence-corrected chi connectivity index (χ3v) is 2.05. The van der Waals surface area contributed by atoms with Crippen molar-refractivity contribution in [1.29, 1.82) is 0 Å². The Morgan fingerprint density at radius 1 is 1.75 bits per heavy atom. The molecule has 0 aromatic carbocycles. The third-order valence-electron chi connectivity index (χ3n) is 1.40. The van der Waals surface area contributed by atoms with E-state index in [0.717, 1.165) is 18.5 Å². The van der Waals surface area contributed by atoms with Crippen LogP contribution in [0.1, 0.15) is 12.8 Å². The molecule has 3 heteroatoms. The summed E-state index contributed by atoms with van der Waals surface area (Å²) < 4.78 is 2.79. The van der Waals surface area contributed by atoms with Gasteiger partial charge in [0.1, 0.15) is 5.60 Å². The lowest BCUT2D eigenvalue weighted by Crippen LogP contribution is -2.16. The zero-order chi connectivity index (χ0) is 6.20. The van der Waals surface area contributed by atoms with Crippen LogP contribution in [0.25, 0.3) is 0 Å². The molecule has 0 heterocycles. The summed E-state index contributed by atoms with van der Waals surface area (Å²) in [5, 5.41) is 9.23. The second-order valence-electron chi connectivity index (χ2n) is 2.10. The quantitative estimate of drug-likeness (QED) is 0.542. The van der Waals surface area contributed by atoms with E-state index >= 15 is 0 Å². The number of hydrogen-bond donors (Lipinski definition) is 2. The molecule has 0 atom stereocenters. The minimum absolute atomic E-state index is 0.554. The van der Waals surface area contributed by atoms with E-state index < -0.39 is 5.60 Å². The van der Waals surface area contributed by atoms with Crippen molar-refractivity contribution in [3.8, 4) is 0 Å². The second-order valence-corrected chi connectivity index (χ2v) is 2.64. The van der Waals surface area contributed by atoms with E-state index in [-0.39, 0.29) is 0 Å². The van der Waals surface area contributed by atoms with Gasteiger partial charge in [0, 0.05) is 5.70 Å². The fourth-order valence-electron chi connectivity index (χ4n) is 0.508. The van der Waals surface area contributed by atoms with E-state index in [9.17, 15) is 5.11 Å². The molecule has 0 radical (unpaired) electrons. The van der Waals surface area contributed by atoms with Crippen LogP contribution >= 0.6 is 22.9 Å². The first-order valence-electron chi connectivity index (χ1n) is 2.47. The van der Waals surface area contributed by atoms with Crippen molar-refractivity contribution in [2.75, 3.05) is 0 Å². The third kappa shape index (κ3) is 0.974. The normalized spacial score (nSPS) is 22.2. The van der Waals surface area contributed by atoms with Crippen molar-refractivity contribution in [3.63, 3.8) is 0 Å². The Kier molecular flexibility index (Phi) is 1.49. The first-order valence-corrected chi connectivity index (χ1v) is 3.55. The highest BCUT2D eigenvalue weighted by atomic mass is 127. The molecular formula is C5H8INO. The summed E-state index contributed by atoms with van der Waals surface area (Å²) >= 11 is 1.97. The van der Waals surface area contributed by atoms with Crippen LogP contribution in [0.4, 0.5) is 0 Å². The standard InChI is InChI=1S/C5H8INO/c1-4(7-6)5(8)2-3-5/h7-8H,1-3H2. The van der Waals surface area contributed by atoms with Crippen LogP contribution in [0, 0.1) is 0 Å². The number of aliphatic hydroxyl groups is 1. The Hall–Kier alpha value is 0.230. The predicted octanol–water partition coefficient (Wildman–Crippen LogP) is 0.965. The van der Waals surface area contributed by atoms with Crippen molar-refractivity contribution >= 4 is 22.9 Å². The zero-order valence-corrected chi connectivity index (χ0v) is 6.60. The van der Waals surface area contributed by atoms with Gasteiger partial charge in [-0.15, -0.1) is 0 Å². The molecule has 8 heavy (non-hydrogen) atoms. The van der Waals surface area contributed by atoms with Crippen LogP contribution in [0.3, 0.4) is 0 Å². The van der Waals surface area contributed by atoms with E-state index in [1.54, 1.807) is 0 Å². The largest absolute Gasteiger partial charge is 0.384 e. The zero-order valence-electron chi connectivity index (χ0n) is 4.45. The molecule has 0 unspecified atom stereocenters. The van der Waals surface area contributed by atoms with Gasteiger partial charge < -0.3 is 8.64 Å². The molecule has 1 rings (SSSR count). The fraction of sp³-hybridized carbons (Fsp3) is 0.600. The van der Waals surface area contributed by atoms with E-state index in [2.05, 4.69) is 10.1 Å². The summed E-state index contributed by atoms with van der Waals surface area (Å²) in [5.74, 6) is 0. The minimum atomic E-state index is -0.554. The molecular weight excluding hydrogens is 217 g/mol. The average molecular weight is 225 g/mol. The first-order chi connectivity index (χ1) is 3.69. The first kappa shape index (κ1) is 6.35. The molecule has 1 fully saturated rings. The van der Waals surface area contributed by atoms with Gasteiger partial charge in [0.2, 0.25) is 0 Å². The summed E-state index contributed by atoms with van der Waals surface area (Å²) in [5.41, 5.74) is 0.180. The highest BCUT2D eigenvalue weighted by Gasteiger charge is 2.43. The van der Waals surface area contributed by atoms with Crippen LogP contribution in [-0.2, 0) is 0 Å². The molecule has 0 aromatic heterocycles. The topological polar surface area (TPSA) is 32.3 Å². The number of nitrogens with one attached hydrogen (secondary N) is 1. The van der Waals surface area contributed by atoms with Crippen molar-refractivity contribution in [2.24, 2.45) is 0 Å². The van der Waals surface area contributed by atoms with Crippen molar-refractivity contribution < 1.29 is 5.11 Å². The SMILES string of the molecule is C=C(NI)C1(O)CC1. The lowest BCUT2D eigenvalue weighted by Gasteiger charge is -2.07. The van der Waals surface area contributed by atoms with Crippen LogP contribution in [0.5, 0.6) is 0 Å². The molecule has 1 aliphatic rings. The van der Waals surface area contributed by atoms with Crippen molar-refractivity contribution in [3.05, 3.63) is 12.3 Å². The molecule has 1 aliphatic carbocycles. The van der Waals surface area contributed by atoms with Gasteiger partial charge >= 0.3 is 0 Å². The van der Waals surface area contributed by atoms with Crippen molar-refractivity contribution in [1.82, 2.24) is 3.53 Å². The molecule has 2 nitrogen and oxygen atoms in total. The van der Waals surface area contributed by atoms with Gasteiger partial charge in [-0.3, -0.25) is 0 Å². The van der Waals surface area contributed by atoms with E-state index in [0.29, 0.717) is 0 Å². The van der Waals surface area contributed by atoms with E-state index in [4.69, 9.17) is 0 Å². The van der Waals surface area contributed by atoms with Gasteiger partial charge in [-0.25, -0.2) is 0 Å². The Morgan fingerprint density at radius 3 is 2.38 bits per heavy atom. The lowest BCUT2D eigenvalue weighted by molar-refractivity contribution is 0.186. The number of rotatable bonds is 2. The summed E-state index contributed by atoms with van der Waals surface area (Å²) in [6, 6.07) is 0. The van der Waals surface area contributed by atoms with Gasteiger partial charge in [-0.1, -0.05) is 6.58 Å². The van der Waals surface area contributed by atoms with E-state index in [1.165, 1.54) is 0 Å². The highest BCUT2D eigenvalue weighted by molar-refractivity contribution is 14.1. The van der Waals surface area contributed by atoms with Gasteiger partial charge in [0.25, 0.3) is 0 Å². The van der Waals surface area contributed by atoms with Gasteiger partial charge in [-0.2, -0.15) is 0 Å². The van der Waals surface area contributed by atoms with Gasteiger partial charge in [0.05, 0.1) is 22.9 Å². The second kappa shape index (κ2) is 1.88. The molecule has 0 bridgehead atoms. The van der Waals surface area contributed by atoms with Gasteiger partial charge in [-0.05, 0) is 12.8 Å². The minimum Gasteiger partial charge on any atom is -0.384 e. The molecule has 0 spiro atoms. The predicted molar refractivity (Wildman–Crippen MR) is 40.5 cm³/mol. The highest BCUT2D eigenvalue weighted by Crippen LogP contribution is 2.40. The summed E-state index contributed by atoms with van der Waals surface area (Å²) in [6.45, 7) is 3.64. The monoisotopic (exact) mass is 225 g/mol. The maximum absolute atomic E-state index is 9.23. The Balaban J connectivity index is 2.46. The molecule has 0 aromatic rings. The molecule has 0 amide bonds. The van der Waals surface area contributed by atoms with Crippen molar-refractivity contribution in [2.45, 2.75) is 18.4 Å². The van der Waals surface area contributed by atoms with Crippen LogP contribution < -0.4 is 3.53 Å². The Morgan fingerprint density at radius 2 is 2.25 bits per heavy atom. The van der Waals surface area contributed by atoms with E-state index in [1.807, 2.05) is 22.9 Å². The smallest absolute Gasteiger partial charge is 0.104 e. The number of hydrogen-bond acceptors (Lipinski definition) is 2. The molecule has 2 N–H and O–H groups in total. The Labute approximate surface area is 62.5 Å². The van der Waals surface area contributed by atoms with Gasteiger partial charge in [0.15, 0.2) is 0 Å². The number of halogens is 1. The maximum atomic E-state index is 9.23. The maximum Gasteiger partial charge on any atom is 0.104 e. The molecule has 46 valence electrons. The molecule has 1 saturated carbocycles. The fourth-order valence-corrected chi connectivity index (χ4v) is 1.01.